The lowest BCUT2D eigenvalue weighted by atomic mass is 10.1. The van der Waals surface area contributed by atoms with E-state index >= 15 is 0 Å². The molecule has 1 aliphatic rings. The van der Waals surface area contributed by atoms with Crippen LogP contribution >= 0.6 is 15.9 Å². The molecule has 1 fully saturated rings. The Morgan fingerprint density at radius 1 is 1.41 bits per heavy atom. The van der Waals surface area contributed by atoms with Crippen molar-refractivity contribution in [2.75, 3.05) is 6.54 Å². The first-order valence-corrected chi connectivity index (χ1v) is 6.25. The zero-order chi connectivity index (χ0) is 12.6. The predicted octanol–water partition coefficient (Wildman–Crippen LogP) is 3.35. The lowest BCUT2D eigenvalue weighted by molar-refractivity contribution is 0.0742. The van der Waals surface area contributed by atoms with Crippen LogP contribution in [-0.4, -0.2) is 23.4 Å². The number of halogens is 3. The van der Waals surface area contributed by atoms with Crippen molar-refractivity contribution in [1.29, 1.82) is 0 Å². The van der Waals surface area contributed by atoms with Crippen LogP contribution in [0.15, 0.2) is 16.6 Å². The second kappa shape index (κ2) is 4.72. The van der Waals surface area contributed by atoms with Crippen molar-refractivity contribution < 1.29 is 13.6 Å². The van der Waals surface area contributed by atoms with Crippen LogP contribution in [0.4, 0.5) is 8.78 Å². The van der Waals surface area contributed by atoms with Crippen molar-refractivity contribution in [2.24, 2.45) is 0 Å². The minimum atomic E-state index is -0.692. The second-order valence-electron chi connectivity index (χ2n) is 4.24. The molecule has 1 heterocycles. The van der Waals surface area contributed by atoms with Gasteiger partial charge in [-0.25, -0.2) is 8.78 Å². The van der Waals surface area contributed by atoms with Gasteiger partial charge in [-0.2, -0.15) is 0 Å². The molecule has 2 rings (SSSR count). The number of nitrogens with zero attached hydrogens (tertiary/aromatic N) is 1. The molecule has 1 aromatic rings. The molecule has 0 radical (unpaired) electrons. The zero-order valence-electron chi connectivity index (χ0n) is 9.34. The fraction of sp³-hybridized carbons (Fsp3) is 0.417. The number of hydrogen-bond acceptors (Lipinski definition) is 1. The van der Waals surface area contributed by atoms with Crippen LogP contribution in [0.5, 0.6) is 0 Å². The molecule has 1 aliphatic heterocycles. The summed E-state index contributed by atoms with van der Waals surface area (Å²) in [5, 5.41) is 0. The molecule has 0 saturated carbocycles. The van der Waals surface area contributed by atoms with E-state index in [1.807, 2.05) is 6.92 Å². The molecule has 1 aromatic carbocycles. The molecule has 92 valence electrons. The summed E-state index contributed by atoms with van der Waals surface area (Å²) in [5.74, 6) is -1.75. The molecule has 0 spiro atoms. The van der Waals surface area contributed by atoms with Crippen LogP contribution in [0.25, 0.3) is 0 Å². The highest BCUT2D eigenvalue weighted by Gasteiger charge is 2.28. The van der Waals surface area contributed by atoms with E-state index in [1.54, 1.807) is 4.90 Å². The van der Waals surface area contributed by atoms with Gasteiger partial charge in [-0.3, -0.25) is 4.79 Å². The van der Waals surface area contributed by atoms with E-state index in [4.69, 9.17) is 0 Å². The average molecular weight is 304 g/mol. The van der Waals surface area contributed by atoms with Crippen LogP contribution < -0.4 is 0 Å². The molecular weight excluding hydrogens is 292 g/mol. The van der Waals surface area contributed by atoms with E-state index in [2.05, 4.69) is 15.9 Å². The molecule has 17 heavy (non-hydrogen) atoms. The first kappa shape index (κ1) is 12.5. The Labute approximate surface area is 107 Å². The van der Waals surface area contributed by atoms with Gasteiger partial charge in [-0.15, -0.1) is 0 Å². The minimum absolute atomic E-state index is 0.0287. The Bertz CT molecular complexity index is 464. The van der Waals surface area contributed by atoms with Gasteiger partial charge in [0, 0.05) is 12.6 Å². The summed E-state index contributed by atoms with van der Waals surface area (Å²) < 4.78 is 27.0. The number of likely N-dealkylation sites (tertiary alicyclic amines) is 1. The Morgan fingerprint density at radius 2 is 2.12 bits per heavy atom. The van der Waals surface area contributed by atoms with Gasteiger partial charge in [-0.1, -0.05) is 0 Å². The summed E-state index contributed by atoms with van der Waals surface area (Å²) >= 11 is 2.88. The van der Waals surface area contributed by atoms with Crippen LogP contribution in [0, 0.1) is 11.6 Å². The summed E-state index contributed by atoms with van der Waals surface area (Å²) in [6.07, 6.45) is 1.82. The highest BCUT2D eigenvalue weighted by molar-refractivity contribution is 9.10. The molecule has 0 N–H and O–H groups in total. The summed E-state index contributed by atoms with van der Waals surface area (Å²) in [7, 11) is 0. The second-order valence-corrected chi connectivity index (χ2v) is 5.09. The van der Waals surface area contributed by atoms with Gasteiger partial charge >= 0.3 is 0 Å². The molecule has 1 amide bonds. The highest BCUT2D eigenvalue weighted by atomic mass is 79.9. The van der Waals surface area contributed by atoms with Gasteiger partial charge in [-0.05, 0) is 47.8 Å². The first-order valence-electron chi connectivity index (χ1n) is 5.46. The van der Waals surface area contributed by atoms with Gasteiger partial charge in [0.25, 0.3) is 5.91 Å². The van der Waals surface area contributed by atoms with Crippen molar-refractivity contribution in [3.8, 4) is 0 Å². The number of hydrogen-bond donors (Lipinski definition) is 0. The molecule has 1 atom stereocenters. The maximum Gasteiger partial charge on any atom is 0.257 e. The third-order valence-electron chi connectivity index (χ3n) is 3.05. The fourth-order valence-electron chi connectivity index (χ4n) is 2.08. The SMILES string of the molecule is C[C@@H]1CCCN1C(=O)c1cc(F)c(Br)cc1F. The van der Waals surface area contributed by atoms with Crippen LogP contribution in [0.3, 0.4) is 0 Å². The van der Waals surface area contributed by atoms with E-state index in [1.165, 1.54) is 0 Å². The van der Waals surface area contributed by atoms with Gasteiger partial charge in [0.2, 0.25) is 0 Å². The highest BCUT2D eigenvalue weighted by Crippen LogP contribution is 2.24. The largest absolute Gasteiger partial charge is 0.336 e. The topological polar surface area (TPSA) is 20.3 Å². The fourth-order valence-corrected chi connectivity index (χ4v) is 2.39. The number of rotatable bonds is 1. The summed E-state index contributed by atoms with van der Waals surface area (Å²) in [6, 6.07) is 2.03. The van der Waals surface area contributed by atoms with E-state index in [0.717, 1.165) is 25.0 Å². The summed E-state index contributed by atoms with van der Waals surface area (Å²) in [5.41, 5.74) is -0.195. The van der Waals surface area contributed by atoms with Crippen molar-refractivity contribution in [1.82, 2.24) is 4.90 Å². The van der Waals surface area contributed by atoms with Crippen molar-refractivity contribution >= 4 is 21.8 Å². The Kier molecular flexibility index (Phi) is 3.47. The Balaban J connectivity index is 2.34. The lowest BCUT2D eigenvalue weighted by Crippen LogP contribution is -2.34. The van der Waals surface area contributed by atoms with E-state index in [0.29, 0.717) is 6.54 Å². The van der Waals surface area contributed by atoms with Gasteiger partial charge in [0.15, 0.2) is 0 Å². The van der Waals surface area contributed by atoms with Crippen molar-refractivity contribution in [3.63, 3.8) is 0 Å². The van der Waals surface area contributed by atoms with Crippen LogP contribution in [0.1, 0.15) is 30.1 Å². The summed E-state index contributed by atoms with van der Waals surface area (Å²) in [6.45, 7) is 2.52. The third kappa shape index (κ3) is 2.34. The smallest absolute Gasteiger partial charge is 0.257 e. The lowest BCUT2D eigenvalue weighted by Gasteiger charge is -2.21. The van der Waals surface area contributed by atoms with Gasteiger partial charge < -0.3 is 4.90 Å². The minimum Gasteiger partial charge on any atom is -0.336 e. The molecule has 0 unspecified atom stereocenters. The standard InChI is InChI=1S/C12H12BrF2NO/c1-7-3-2-4-16(7)12(17)8-5-11(15)9(13)6-10(8)14/h5-7H,2-4H2,1H3/t7-/m1/s1. The molecule has 0 aliphatic carbocycles. The van der Waals surface area contributed by atoms with E-state index in [-0.39, 0.29) is 16.1 Å². The summed E-state index contributed by atoms with van der Waals surface area (Å²) in [4.78, 5) is 13.6. The number of benzene rings is 1. The van der Waals surface area contributed by atoms with Gasteiger partial charge in [0.1, 0.15) is 11.6 Å². The Hall–Kier alpha value is -0.970. The monoisotopic (exact) mass is 303 g/mol. The molecule has 5 heteroatoms. The maximum absolute atomic E-state index is 13.6. The molecule has 1 saturated heterocycles. The van der Waals surface area contributed by atoms with E-state index < -0.39 is 17.5 Å². The molecule has 0 aromatic heterocycles. The zero-order valence-corrected chi connectivity index (χ0v) is 10.9. The van der Waals surface area contributed by atoms with E-state index in [9.17, 15) is 13.6 Å². The number of amides is 1. The predicted molar refractivity (Wildman–Crippen MR) is 63.8 cm³/mol. The van der Waals surface area contributed by atoms with Crippen LogP contribution in [0.2, 0.25) is 0 Å². The molecule has 0 bridgehead atoms. The van der Waals surface area contributed by atoms with Gasteiger partial charge in [0.05, 0.1) is 10.0 Å². The van der Waals surface area contributed by atoms with Crippen molar-refractivity contribution in [2.45, 2.75) is 25.8 Å². The number of carbonyl (C=O) groups is 1. The maximum atomic E-state index is 13.6. The normalized spacial score (nSPS) is 19.8. The number of carbonyl (C=O) groups excluding carboxylic acids is 1. The van der Waals surface area contributed by atoms with Crippen molar-refractivity contribution in [3.05, 3.63) is 33.8 Å². The van der Waals surface area contributed by atoms with Crippen LogP contribution in [-0.2, 0) is 0 Å². The average Bonchev–Trinajstić information content (AvgIpc) is 2.69. The Morgan fingerprint density at radius 3 is 2.71 bits per heavy atom. The first-order chi connectivity index (χ1) is 8.00. The quantitative estimate of drug-likeness (QED) is 0.729. The molecule has 2 nitrogen and oxygen atoms in total. The molecular formula is C12H12BrF2NO. The third-order valence-corrected chi connectivity index (χ3v) is 3.66.